The molecule has 18 heavy (non-hydrogen) atoms. The Morgan fingerprint density at radius 1 is 1.17 bits per heavy atom. The van der Waals surface area contributed by atoms with Gasteiger partial charge in [0.1, 0.15) is 0 Å². The molecular formula is C16H32N2. The van der Waals surface area contributed by atoms with Crippen molar-refractivity contribution in [3.63, 3.8) is 0 Å². The number of hydrogen-bond acceptors (Lipinski definition) is 2. The molecule has 0 aromatic carbocycles. The lowest BCUT2D eigenvalue weighted by molar-refractivity contribution is 0.0599. The van der Waals surface area contributed by atoms with Crippen LogP contribution in [0.2, 0.25) is 0 Å². The van der Waals surface area contributed by atoms with E-state index in [0.29, 0.717) is 12.1 Å². The van der Waals surface area contributed by atoms with Crippen molar-refractivity contribution in [1.29, 1.82) is 0 Å². The van der Waals surface area contributed by atoms with Crippen LogP contribution in [0.3, 0.4) is 0 Å². The van der Waals surface area contributed by atoms with Gasteiger partial charge in [0, 0.05) is 24.2 Å². The van der Waals surface area contributed by atoms with Crippen molar-refractivity contribution in [3.05, 3.63) is 0 Å². The van der Waals surface area contributed by atoms with Crippen molar-refractivity contribution in [1.82, 2.24) is 4.90 Å². The van der Waals surface area contributed by atoms with Crippen molar-refractivity contribution in [3.8, 4) is 0 Å². The molecule has 5 atom stereocenters. The maximum atomic E-state index is 6.46. The molecule has 0 aromatic heterocycles. The summed E-state index contributed by atoms with van der Waals surface area (Å²) in [5.74, 6) is 1.71. The highest BCUT2D eigenvalue weighted by Gasteiger charge is 2.40. The molecule has 0 bridgehead atoms. The highest BCUT2D eigenvalue weighted by atomic mass is 15.2. The van der Waals surface area contributed by atoms with E-state index in [4.69, 9.17) is 5.73 Å². The lowest BCUT2D eigenvalue weighted by Gasteiger charge is -2.45. The van der Waals surface area contributed by atoms with Crippen LogP contribution in [0.5, 0.6) is 0 Å². The zero-order valence-electron chi connectivity index (χ0n) is 12.7. The van der Waals surface area contributed by atoms with Gasteiger partial charge in [-0.25, -0.2) is 0 Å². The maximum absolute atomic E-state index is 6.46. The van der Waals surface area contributed by atoms with Crippen molar-refractivity contribution in [2.24, 2.45) is 17.6 Å². The molecule has 0 radical (unpaired) electrons. The predicted molar refractivity (Wildman–Crippen MR) is 78.6 cm³/mol. The largest absolute Gasteiger partial charge is 0.326 e. The third kappa shape index (κ3) is 2.75. The Morgan fingerprint density at radius 2 is 1.89 bits per heavy atom. The molecule has 1 aliphatic carbocycles. The fourth-order valence-corrected chi connectivity index (χ4v) is 4.25. The topological polar surface area (TPSA) is 29.3 Å². The van der Waals surface area contributed by atoms with E-state index in [1.54, 1.807) is 0 Å². The first-order valence-corrected chi connectivity index (χ1v) is 8.07. The van der Waals surface area contributed by atoms with E-state index in [1.165, 1.54) is 38.5 Å². The van der Waals surface area contributed by atoms with Gasteiger partial charge in [-0.05, 0) is 57.3 Å². The second-order valence-corrected chi connectivity index (χ2v) is 6.98. The van der Waals surface area contributed by atoms with Gasteiger partial charge in [-0.2, -0.15) is 0 Å². The van der Waals surface area contributed by atoms with Crippen LogP contribution < -0.4 is 5.73 Å². The van der Waals surface area contributed by atoms with Crippen LogP contribution in [0.1, 0.15) is 66.2 Å². The second-order valence-electron chi connectivity index (χ2n) is 6.98. The van der Waals surface area contributed by atoms with Crippen molar-refractivity contribution < 1.29 is 0 Å². The molecule has 1 heterocycles. The number of nitrogens with two attached hydrogens (primary N) is 1. The van der Waals surface area contributed by atoms with Crippen molar-refractivity contribution >= 4 is 0 Å². The minimum absolute atomic E-state index is 0.412. The number of rotatable bonds is 3. The van der Waals surface area contributed by atoms with Crippen LogP contribution in [0.25, 0.3) is 0 Å². The highest BCUT2D eigenvalue weighted by Crippen LogP contribution is 2.37. The SMILES string of the molecule is CCC1CCC(C)N1C1CC(C(C)C)CCC1N. The summed E-state index contributed by atoms with van der Waals surface area (Å²) in [4.78, 5) is 2.79. The number of nitrogens with zero attached hydrogens (tertiary/aromatic N) is 1. The average Bonchev–Trinajstić information content (AvgIpc) is 2.71. The fourth-order valence-electron chi connectivity index (χ4n) is 4.25. The van der Waals surface area contributed by atoms with E-state index >= 15 is 0 Å². The Bertz CT molecular complexity index is 264. The summed E-state index contributed by atoms with van der Waals surface area (Å²) in [5, 5.41) is 0. The minimum atomic E-state index is 0.412. The second kappa shape index (κ2) is 5.92. The first kappa shape index (κ1) is 14.3. The van der Waals surface area contributed by atoms with Crippen molar-refractivity contribution in [2.45, 2.75) is 90.4 Å². The van der Waals surface area contributed by atoms with Gasteiger partial charge in [0.15, 0.2) is 0 Å². The smallest absolute Gasteiger partial charge is 0.0255 e. The Morgan fingerprint density at radius 3 is 2.50 bits per heavy atom. The number of likely N-dealkylation sites (tertiary alicyclic amines) is 1. The third-order valence-corrected chi connectivity index (χ3v) is 5.55. The van der Waals surface area contributed by atoms with Crippen LogP contribution in [0, 0.1) is 11.8 Å². The highest BCUT2D eigenvalue weighted by molar-refractivity contribution is 4.97. The predicted octanol–water partition coefficient (Wildman–Crippen LogP) is 3.40. The van der Waals surface area contributed by atoms with Gasteiger partial charge in [0.2, 0.25) is 0 Å². The van der Waals surface area contributed by atoms with Gasteiger partial charge in [-0.1, -0.05) is 20.8 Å². The normalized spacial score (nSPS) is 42.7. The summed E-state index contributed by atoms with van der Waals surface area (Å²) in [7, 11) is 0. The molecule has 1 saturated carbocycles. The molecule has 0 amide bonds. The Labute approximate surface area is 113 Å². The van der Waals surface area contributed by atoms with Crippen LogP contribution in [-0.2, 0) is 0 Å². The third-order valence-electron chi connectivity index (χ3n) is 5.55. The fraction of sp³-hybridized carbons (Fsp3) is 1.00. The Balaban J connectivity index is 2.08. The summed E-state index contributed by atoms with van der Waals surface area (Å²) < 4.78 is 0. The minimum Gasteiger partial charge on any atom is -0.326 e. The monoisotopic (exact) mass is 252 g/mol. The molecule has 1 saturated heterocycles. The lowest BCUT2D eigenvalue weighted by Crippen LogP contribution is -2.55. The summed E-state index contributed by atoms with van der Waals surface area (Å²) in [6, 6.07) is 2.60. The summed E-state index contributed by atoms with van der Waals surface area (Å²) in [6.07, 6.45) is 7.95. The Kier molecular flexibility index (Phi) is 4.71. The van der Waals surface area contributed by atoms with Crippen LogP contribution >= 0.6 is 0 Å². The van der Waals surface area contributed by atoms with Crippen LogP contribution in [0.4, 0.5) is 0 Å². The Hall–Kier alpha value is -0.0800. The number of hydrogen-bond donors (Lipinski definition) is 1. The first-order chi connectivity index (χ1) is 8.54. The average molecular weight is 252 g/mol. The zero-order chi connectivity index (χ0) is 13.3. The molecule has 2 N–H and O–H groups in total. The van der Waals surface area contributed by atoms with Gasteiger partial charge in [-0.15, -0.1) is 0 Å². The van der Waals surface area contributed by atoms with Gasteiger partial charge < -0.3 is 5.73 Å². The van der Waals surface area contributed by atoms with Crippen LogP contribution in [0.15, 0.2) is 0 Å². The standard InChI is InChI=1S/C16H32N2/c1-5-14-8-6-12(4)18(14)16-10-13(11(2)3)7-9-15(16)17/h11-16H,5-10,17H2,1-4H3. The molecule has 2 heteroatoms. The molecule has 2 aliphatic rings. The maximum Gasteiger partial charge on any atom is 0.0255 e. The molecule has 106 valence electrons. The van der Waals surface area contributed by atoms with E-state index in [1.807, 2.05) is 0 Å². The molecule has 0 aromatic rings. The molecule has 1 aliphatic heterocycles. The van der Waals surface area contributed by atoms with E-state index in [0.717, 1.165) is 23.9 Å². The molecular weight excluding hydrogens is 220 g/mol. The summed E-state index contributed by atoms with van der Waals surface area (Å²) in [5.41, 5.74) is 6.46. The van der Waals surface area contributed by atoms with E-state index in [9.17, 15) is 0 Å². The molecule has 0 spiro atoms. The van der Waals surface area contributed by atoms with E-state index in [2.05, 4.69) is 32.6 Å². The van der Waals surface area contributed by atoms with Crippen molar-refractivity contribution in [2.75, 3.05) is 0 Å². The van der Waals surface area contributed by atoms with E-state index in [-0.39, 0.29) is 0 Å². The van der Waals surface area contributed by atoms with Crippen LogP contribution in [-0.4, -0.2) is 29.1 Å². The van der Waals surface area contributed by atoms with Gasteiger partial charge in [-0.3, -0.25) is 4.90 Å². The summed E-state index contributed by atoms with van der Waals surface area (Å²) in [6.45, 7) is 9.50. The summed E-state index contributed by atoms with van der Waals surface area (Å²) >= 11 is 0. The molecule has 2 nitrogen and oxygen atoms in total. The van der Waals surface area contributed by atoms with E-state index < -0.39 is 0 Å². The molecule has 5 unspecified atom stereocenters. The van der Waals surface area contributed by atoms with Gasteiger partial charge >= 0.3 is 0 Å². The van der Waals surface area contributed by atoms with Gasteiger partial charge in [0.05, 0.1) is 0 Å². The zero-order valence-corrected chi connectivity index (χ0v) is 12.7. The molecule has 2 rings (SSSR count). The van der Waals surface area contributed by atoms with Gasteiger partial charge in [0.25, 0.3) is 0 Å². The molecule has 2 fully saturated rings. The first-order valence-electron chi connectivity index (χ1n) is 8.07. The lowest BCUT2D eigenvalue weighted by atomic mass is 9.76. The quantitative estimate of drug-likeness (QED) is 0.834.